The van der Waals surface area contributed by atoms with Gasteiger partial charge in [-0.2, -0.15) is 0 Å². The smallest absolute Gasteiger partial charge is 0.241 e. The molecule has 1 aromatic rings. The molecule has 0 aliphatic carbocycles. The van der Waals surface area contributed by atoms with E-state index in [4.69, 9.17) is 0 Å². The lowest BCUT2D eigenvalue weighted by Gasteiger charge is -2.29. The van der Waals surface area contributed by atoms with Crippen molar-refractivity contribution in [3.63, 3.8) is 0 Å². The molecule has 1 amide bonds. The molecule has 1 aliphatic heterocycles. The van der Waals surface area contributed by atoms with Crippen molar-refractivity contribution in [3.05, 3.63) is 35.9 Å². The van der Waals surface area contributed by atoms with Crippen molar-refractivity contribution >= 4 is 30.7 Å². The maximum Gasteiger partial charge on any atom is 0.241 e. The summed E-state index contributed by atoms with van der Waals surface area (Å²) < 4.78 is 0. The Hall–Kier alpha value is -0.810. The molecule has 20 heavy (non-hydrogen) atoms. The van der Waals surface area contributed by atoms with E-state index in [1.54, 1.807) is 0 Å². The van der Waals surface area contributed by atoms with Crippen molar-refractivity contribution in [1.29, 1.82) is 0 Å². The molecule has 1 aromatic carbocycles. The molecule has 0 spiro atoms. The van der Waals surface area contributed by atoms with Crippen LogP contribution in [0.15, 0.2) is 30.3 Å². The Labute approximate surface area is 133 Å². The van der Waals surface area contributed by atoms with Crippen LogP contribution in [0.25, 0.3) is 0 Å². The summed E-state index contributed by atoms with van der Waals surface area (Å²) in [6, 6.07) is 9.68. The Morgan fingerprint density at radius 2 is 1.90 bits per heavy atom. The summed E-state index contributed by atoms with van der Waals surface area (Å²) in [4.78, 5) is 14.2. The number of carbonyl (C=O) groups excluding carboxylic acids is 1. The topological polar surface area (TPSA) is 44.4 Å². The van der Waals surface area contributed by atoms with E-state index in [1.807, 2.05) is 49.3 Å². The summed E-state index contributed by atoms with van der Waals surface area (Å²) in [7, 11) is 3.87. The second-order valence-electron chi connectivity index (χ2n) is 5.05. The van der Waals surface area contributed by atoms with E-state index >= 15 is 0 Å². The number of halogens is 2. The number of amides is 1. The highest BCUT2D eigenvalue weighted by atomic mass is 35.5. The number of hydrogen-bond donors (Lipinski definition) is 2. The van der Waals surface area contributed by atoms with Crippen molar-refractivity contribution in [3.8, 4) is 0 Å². The van der Waals surface area contributed by atoms with Gasteiger partial charge in [0.25, 0.3) is 0 Å². The first-order valence-corrected chi connectivity index (χ1v) is 6.38. The average Bonchev–Trinajstić information content (AvgIpc) is 2.28. The van der Waals surface area contributed by atoms with Crippen LogP contribution in [0.3, 0.4) is 0 Å². The number of rotatable bonds is 5. The Balaban J connectivity index is 0.00000180. The molecule has 2 N–H and O–H groups in total. The summed E-state index contributed by atoms with van der Waals surface area (Å²) in [5.41, 5.74) is 1.03. The fourth-order valence-corrected chi connectivity index (χ4v) is 2.15. The second kappa shape index (κ2) is 9.19. The van der Waals surface area contributed by atoms with Gasteiger partial charge in [-0.25, -0.2) is 0 Å². The van der Waals surface area contributed by atoms with E-state index in [-0.39, 0.29) is 36.8 Å². The van der Waals surface area contributed by atoms with Crippen molar-refractivity contribution < 1.29 is 4.79 Å². The molecule has 0 saturated carbocycles. The standard InChI is InChI=1S/C14H21N3O.2ClH/c1-17(2)13(12-6-4-3-5-7-12)14(18)16-10-11-8-15-9-11;;/h3-7,11,13,15H,8-10H2,1-2H3,(H,16,18);2*1H. The predicted octanol–water partition coefficient (Wildman–Crippen LogP) is 1.47. The molecule has 1 saturated heterocycles. The lowest BCUT2D eigenvalue weighted by atomic mass is 10.0. The predicted molar refractivity (Wildman–Crippen MR) is 86.7 cm³/mol. The van der Waals surface area contributed by atoms with E-state index in [2.05, 4.69) is 10.6 Å². The molecule has 6 heteroatoms. The van der Waals surface area contributed by atoms with Crippen LogP contribution in [0.5, 0.6) is 0 Å². The molecule has 2 rings (SSSR count). The number of nitrogens with zero attached hydrogens (tertiary/aromatic N) is 1. The Morgan fingerprint density at radius 1 is 1.30 bits per heavy atom. The number of likely N-dealkylation sites (N-methyl/N-ethyl adjacent to an activating group) is 1. The first-order valence-electron chi connectivity index (χ1n) is 6.38. The third-order valence-electron chi connectivity index (χ3n) is 3.31. The van der Waals surface area contributed by atoms with Gasteiger partial charge in [-0.15, -0.1) is 24.8 Å². The molecule has 0 radical (unpaired) electrons. The normalized spacial score (nSPS) is 15.6. The summed E-state index contributed by atoms with van der Waals surface area (Å²) in [6.07, 6.45) is 0. The zero-order valence-corrected chi connectivity index (χ0v) is 13.5. The molecule has 4 nitrogen and oxygen atoms in total. The SMILES string of the molecule is CN(C)C(C(=O)NCC1CNC1)c1ccccc1.Cl.Cl. The molecule has 1 atom stereocenters. The highest BCUT2D eigenvalue weighted by Gasteiger charge is 2.24. The van der Waals surface area contributed by atoms with Crippen LogP contribution in [0, 0.1) is 5.92 Å². The van der Waals surface area contributed by atoms with E-state index in [0.717, 1.165) is 25.2 Å². The molecule has 114 valence electrons. The van der Waals surface area contributed by atoms with Crippen LogP contribution in [0.2, 0.25) is 0 Å². The molecular weight excluding hydrogens is 297 g/mol. The first-order chi connectivity index (χ1) is 8.68. The van der Waals surface area contributed by atoms with E-state index in [9.17, 15) is 4.79 Å². The van der Waals surface area contributed by atoms with Crippen LogP contribution in [0.1, 0.15) is 11.6 Å². The number of benzene rings is 1. The van der Waals surface area contributed by atoms with Crippen molar-refractivity contribution in [2.75, 3.05) is 33.7 Å². The molecule has 1 aliphatic rings. The first kappa shape index (κ1) is 19.2. The van der Waals surface area contributed by atoms with Crippen LogP contribution in [-0.2, 0) is 4.79 Å². The fourth-order valence-electron chi connectivity index (χ4n) is 2.15. The summed E-state index contributed by atoms with van der Waals surface area (Å²) in [6.45, 7) is 2.79. The number of carbonyl (C=O) groups is 1. The highest BCUT2D eigenvalue weighted by Crippen LogP contribution is 2.18. The van der Waals surface area contributed by atoms with E-state index in [0.29, 0.717) is 5.92 Å². The summed E-state index contributed by atoms with van der Waals surface area (Å²) >= 11 is 0. The minimum Gasteiger partial charge on any atom is -0.354 e. The molecule has 1 unspecified atom stereocenters. The van der Waals surface area contributed by atoms with Gasteiger partial charge in [-0.3, -0.25) is 9.69 Å². The van der Waals surface area contributed by atoms with Crippen LogP contribution < -0.4 is 10.6 Å². The van der Waals surface area contributed by atoms with E-state index < -0.39 is 0 Å². The lowest BCUT2D eigenvalue weighted by Crippen LogP contribution is -2.49. The van der Waals surface area contributed by atoms with Gasteiger partial charge in [0.1, 0.15) is 6.04 Å². The van der Waals surface area contributed by atoms with Gasteiger partial charge in [0, 0.05) is 25.6 Å². The van der Waals surface area contributed by atoms with Crippen LogP contribution in [0.4, 0.5) is 0 Å². The van der Waals surface area contributed by atoms with Gasteiger partial charge < -0.3 is 10.6 Å². The average molecular weight is 320 g/mol. The van der Waals surface area contributed by atoms with Gasteiger partial charge in [0.05, 0.1) is 0 Å². The fraction of sp³-hybridized carbons (Fsp3) is 0.500. The Bertz CT molecular complexity index is 397. The Morgan fingerprint density at radius 3 is 2.35 bits per heavy atom. The van der Waals surface area contributed by atoms with Gasteiger partial charge in [-0.1, -0.05) is 30.3 Å². The number of nitrogens with one attached hydrogen (secondary N) is 2. The molecular formula is C14H23Cl2N3O. The van der Waals surface area contributed by atoms with Crippen molar-refractivity contribution in [2.45, 2.75) is 6.04 Å². The quantitative estimate of drug-likeness (QED) is 0.863. The third-order valence-corrected chi connectivity index (χ3v) is 3.31. The minimum atomic E-state index is -0.209. The van der Waals surface area contributed by atoms with Crippen molar-refractivity contribution in [1.82, 2.24) is 15.5 Å². The minimum absolute atomic E-state index is 0. The molecule has 1 fully saturated rings. The maximum atomic E-state index is 12.3. The third kappa shape index (κ3) is 4.94. The molecule has 1 heterocycles. The van der Waals surface area contributed by atoms with Crippen molar-refractivity contribution in [2.24, 2.45) is 5.92 Å². The van der Waals surface area contributed by atoms with E-state index in [1.165, 1.54) is 0 Å². The molecule has 0 aromatic heterocycles. The zero-order chi connectivity index (χ0) is 13.0. The summed E-state index contributed by atoms with van der Waals surface area (Å²) in [5, 5.41) is 6.25. The lowest BCUT2D eigenvalue weighted by molar-refractivity contribution is -0.126. The van der Waals surface area contributed by atoms with Crippen LogP contribution >= 0.6 is 24.8 Å². The largest absolute Gasteiger partial charge is 0.354 e. The van der Waals surface area contributed by atoms with Gasteiger partial charge in [-0.05, 0) is 19.7 Å². The van der Waals surface area contributed by atoms with Gasteiger partial charge in [0.2, 0.25) is 5.91 Å². The van der Waals surface area contributed by atoms with Gasteiger partial charge in [0.15, 0.2) is 0 Å². The Kier molecular flexibility index (Phi) is 8.81. The number of hydrogen-bond acceptors (Lipinski definition) is 3. The monoisotopic (exact) mass is 319 g/mol. The summed E-state index contributed by atoms with van der Waals surface area (Å²) in [5.74, 6) is 0.672. The maximum absolute atomic E-state index is 12.3. The molecule has 0 bridgehead atoms. The van der Waals surface area contributed by atoms with Crippen LogP contribution in [-0.4, -0.2) is 44.5 Å². The zero-order valence-electron chi connectivity index (χ0n) is 11.8. The van der Waals surface area contributed by atoms with Gasteiger partial charge >= 0.3 is 0 Å². The second-order valence-corrected chi connectivity index (χ2v) is 5.05. The highest BCUT2D eigenvalue weighted by molar-refractivity contribution is 5.85.